The number of hydrogen-bond donors (Lipinski definition) is 1. The normalized spacial score (nSPS) is 25.0. The summed E-state index contributed by atoms with van der Waals surface area (Å²) in [5.74, 6) is -0.0851. The molecule has 3 rings (SSSR count). The van der Waals surface area contributed by atoms with E-state index in [-0.39, 0.29) is 12.0 Å². The van der Waals surface area contributed by atoms with Crippen molar-refractivity contribution in [1.29, 1.82) is 0 Å². The maximum atomic E-state index is 12.7. The molecule has 1 aromatic heterocycles. The highest BCUT2D eigenvalue weighted by Gasteiger charge is 2.47. The highest BCUT2D eigenvalue weighted by Crippen LogP contribution is 2.32. The monoisotopic (exact) mass is 306 g/mol. The van der Waals surface area contributed by atoms with Crippen molar-refractivity contribution < 1.29 is 14.3 Å². The van der Waals surface area contributed by atoms with Crippen LogP contribution in [-0.4, -0.2) is 64.3 Å². The molecule has 1 N–H and O–H groups in total. The highest BCUT2D eigenvalue weighted by atomic mass is 16.6. The fraction of sp³-hybridized carbons (Fsp3) is 0.667. The number of carbonyl (C=O) groups excluding carboxylic acids is 2. The van der Waals surface area contributed by atoms with Crippen molar-refractivity contribution in [3.05, 3.63) is 17.0 Å². The molecule has 0 aliphatic carbocycles. The van der Waals surface area contributed by atoms with Crippen LogP contribution in [0, 0.1) is 6.92 Å². The van der Waals surface area contributed by atoms with E-state index in [0.717, 1.165) is 30.5 Å². The summed E-state index contributed by atoms with van der Waals surface area (Å²) >= 11 is 0. The Bertz CT molecular complexity index is 612. The number of H-pyrrole nitrogens is 1. The first-order valence-corrected chi connectivity index (χ1v) is 7.73. The van der Waals surface area contributed by atoms with Gasteiger partial charge in [0.2, 0.25) is 0 Å². The second-order valence-electron chi connectivity index (χ2n) is 6.27. The van der Waals surface area contributed by atoms with Crippen LogP contribution in [0.4, 0.5) is 4.79 Å². The van der Waals surface area contributed by atoms with Gasteiger partial charge in [-0.2, -0.15) is 5.10 Å². The number of amides is 2. The van der Waals surface area contributed by atoms with Crippen LogP contribution in [0.1, 0.15) is 41.5 Å². The molecule has 2 aliphatic rings. The van der Waals surface area contributed by atoms with E-state index in [4.69, 9.17) is 4.74 Å². The van der Waals surface area contributed by atoms with Gasteiger partial charge < -0.3 is 14.5 Å². The number of aromatic amines is 1. The number of hydrogen-bond acceptors (Lipinski definition) is 4. The van der Waals surface area contributed by atoms with Crippen LogP contribution in [0.15, 0.2) is 0 Å². The molecule has 22 heavy (non-hydrogen) atoms. The molecular weight excluding hydrogens is 284 g/mol. The number of piperidine rings is 1. The van der Waals surface area contributed by atoms with Crippen molar-refractivity contribution >= 4 is 12.0 Å². The van der Waals surface area contributed by atoms with E-state index in [1.807, 2.05) is 13.8 Å². The van der Waals surface area contributed by atoms with E-state index < -0.39 is 5.60 Å². The molecule has 1 spiro atoms. The van der Waals surface area contributed by atoms with E-state index in [9.17, 15) is 9.59 Å². The zero-order valence-corrected chi connectivity index (χ0v) is 13.3. The molecular formula is C15H22N4O3. The molecule has 120 valence electrons. The minimum Gasteiger partial charge on any atom is -0.439 e. The van der Waals surface area contributed by atoms with Crippen LogP contribution in [0.2, 0.25) is 0 Å². The molecule has 0 bridgehead atoms. The first-order valence-electron chi connectivity index (χ1n) is 7.73. The van der Waals surface area contributed by atoms with Gasteiger partial charge in [0.1, 0.15) is 5.60 Å². The zero-order valence-electron chi connectivity index (χ0n) is 13.3. The van der Waals surface area contributed by atoms with Crippen molar-refractivity contribution in [2.75, 3.05) is 26.7 Å². The van der Waals surface area contributed by atoms with Crippen molar-refractivity contribution in [1.82, 2.24) is 20.0 Å². The SMILES string of the molecule is CCc1[nH]nc(C(=O)N2CCCC3(CN(C)C(=O)O3)C2)c1C. The Morgan fingerprint density at radius 3 is 2.82 bits per heavy atom. The van der Waals surface area contributed by atoms with E-state index in [1.54, 1.807) is 16.8 Å². The number of carbonyl (C=O) groups is 2. The average Bonchev–Trinajstić information content (AvgIpc) is 2.98. The molecule has 1 aromatic rings. The number of nitrogens with one attached hydrogen (secondary N) is 1. The van der Waals surface area contributed by atoms with Gasteiger partial charge in [0.05, 0.1) is 13.1 Å². The van der Waals surface area contributed by atoms with Gasteiger partial charge in [-0.15, -0.1) is 0 Å². The van der Waals surface area contributed by atoms with Gasteiger partial charge in [-0.3, -0.25) is 9.89 Å². The van der Waals surface area contributed by atoms with Crippen molar-refractivity contribution in [3.8, 4) is 0 Å². The van der Waals surface area contributed by atoms with Crippen LogP contribution in [0.25, 0.3) is 0 Å². The van der Waals surface area contributed by atoms with Crippen LogP contribution >= 0.6 is 0 Å². The fourth-order valence-electron chi connectivity index (χ4n) is 3.41. The van der Waals surface area contributed by atoms with Gasteiger partial charge in [0, 0.05) is 24.8 Å². The molecule has 0 radical (unpaired) electrons. The molecule has 0 aromatic carbocycles. The Morgan fingerprint density at radius 1 is 1.45 bits per heavy atom. The van der Waals surface area contributed by atoms with Crippen LogP contribution < -0.4 is 0 Å². The van der Waals surface area contributed by atoms with Crippen molar-refractivity contribution in [2.45, 2.75) is 38.7 Å². The smallest absolute Gasteiger partial charge is 0.410 e. The molecule has 7 nitrogen and oxygen atoms in total. The third-order valence-electron chi connectivity index (χ3n) is 4.63. The predicted octanol–water partition coefficient (Wildman–Crippen LogP) is 1.34. The molecule has 2 fully saturated rings. The topological polar surface area (TPSA) is 78.5 Å². The predicted molar refractivity (Wildman–Crippen MR) is 79.7 cm³/mol. The van der Waals surface area contributed by atoms with Gasteiger partial charge in [-0.05, 0) is 26.2 Å². The Hall–Kier alpha value is -2.05. The maximum Gasteiger partial charge on any atom is 0.410 e. The number of aromatic nitrogens is 2. The van der Waals surface area contributed by atoms with E-state index in [2.05, 4.69) is 10.2 Å². The second-order valence-corrected chi connectivity index (χ2v) is 6.27. The van der Waals surface area contributed by atoms with Gasteiger partial charge in [0.25, 0.3) is 5.91 Å². The number of ether oxygens (including phenoxy) is 1. The quantitative estimate of drug-likeness (QED) is 0.894. The Kier molecular flexibility index (Phi) is 3.58. The highest BCUT2D eigenvalue weighted by molar-refractivity contribution is 5.94. The largest absolute Gasteiger partial charge is 0.439 e. The van der Waals surface area contributed by atoms with Crippen LogP contribution in [0.3, 0.4) is 0 Å². The fourth-order valence-corrected chi connectivity index (χ4v) is 3.41. The van der Waals surface area contributed by atoms with Gasteiger partial charge in [-0.25, -0.2) is 4.79 Å². The molecule has 3 heterocycles. The Balaban J connectivity index is 1.78. The summed E-state index contributed by atoms with van der Waals surface area (Å²) in [6.45, 7) is 5.60. The Morgan fingerprint density at radius 2 is 2.23 bits per heavy atom. The summed E-state index contributed by atoms with van der Waals surface area (Å²) in [4.78, 5) is 27.8. The lowest BCUT2D eigenvalue weighted by Gasteiger charge is -2.38. The lowest BCUT2D eigenvalue weighted by molar-refractivity contribution is -0.00544. The third-order valence-corrected chi connectivity index (χ3v) is 4.63. The molecule has 1 unspecified atom stereocenters. The summed E-state index contributed by atoms with van der Waals surface area (Å²) in [6.07, 6.45) is 2.14. The van der Waals surface area contributed by atoms with Gasteiger partial charge >= 0.3 is 6.09 Å². The van der Waals surface area contributed by atoms with Crippen LogP contribution in [0.5, 0.6) is 0 Å². The average molecular weight is 306 g/mol. The van der Waals surface area contributed by atoms with Crippen molar-refractivity contribution in [3.63, 3.8) is 0 Å². The van der Waals surface area contributed by atoms with E-state index in [1.165, 1.54) is 0 Å². The lowest BCUT2D eigenvalue weighted by atomic mass is 9.92. The molecule has 0 saturated carbocycles. The third kappa shape index (κ3) is 2.34. The number of nitrogens with zero attached hydrogens (tertiary/aromatic N) is 3. The maximum absolute atomic E-state index is 12.7. The molecule has 2 amide bonds. The van der Waals surface area contributed by atoms with Crippen LogP contribution in [-0.2, 0) is 11.2 Å². The zero-order chi connectivity index (χ0) is 15.9. The number of aryl methyl sites for hydroxylation is 1. The molecule has 7 heteroatoms. The second kappa shape index (κ2) is 5.30. The van der Waals surface area contributed by atoms with E-state index >= 15 is 0 Å². The van der Waals surface area contributed by atoms with E-state index in [0.29, 0.717) is 25.3 Å². The summed E-state index contributed by atoms with van der Waals surface area (Å²) in [7, 11) is 1.73. The molecule has 1 atom stereocenters. The number of likely N-dealkylation sites (tertiary alicyclic amines) is 1. The standard InChI is InChI=1S/C15H22N4O3/c1-4-11-10(2)12(17-16-11)13(20)19-7-5-6-15(9-19)8-18(3)14(21)22-15/h4-9H2,1-3H3,(H,16,17). The number of likely N-dealkylation sites (N-methyl/N-ethyl adjacent to an activating group) is 1. The summed E-state index contributed by atoms with van der Waals surface area (Å²) in [5.41, 5.74) is 1.82. The first kappa shape index (κ1) is 14.9. The first-order chi connectivity index (χ1) is 10.5. The lowest BCUT2D eigenvalue weighted by Crippen LogP contribution is -2.52. The summed E-state index contributed by atoms with van der Waals surface area (Å²) in [5, 5.41) is 7.10. The van der Waals surface area contributed by atoms with Gasteiger partial charge in [0.15, 0.2) is 5.69 Å². The molecule has 2 saturated heterocycles. The van der Waals surface area contributed by atoms with Gasteiger partial charge in [-0.1, -0.05) is 6.92 Å². The summed E-state index contributed by atoms with van der Waals surface area (Å²) in [6, 6.07) is 0. The number of rotatable bonds is 2. The molecule has 2 aliphatic heterocycles. The van der Waals surface area contributed by atoms with Crippen molar-refractivity contribution in [2.24, 2.45) is 0 Å². The Labute approximate surface area is 129 Å². The summed E-state index contributed by atoms with van der Waals surface area (Å²) < 4.78 is 5.54. The minimum absolute atomic E-state index is 0.0851. The minimum atomic E-state index is -0.558.